The van der Waals surface area contributed by atoms with E-state index >= 15 is 0 Å². The molecular formula is C10H8N2O3. The summed E-state index contributed by atoms with van der Waals surface area (Å²) in [6.45, 7) is 0.735. The van der Waals surface area contributed by atoms with E-state index in [1.165, 1.54) is 6.07 Å². The van der Waals surface area contributed by atoms with Crippen LogP contribution in [0, 0.1) is 21.4 Å². The van der Waals surface area contributed by atoms with E-state index in [4.69, 9.17) is 10.00 Å². The molecule has 1 fully saturated rings. The summed E-state index contributed by atoms with van der Waals surface area (Å²) in [5.41, 5.74) is 0.871. The first-order chi connectivity index (χ1) is 7.20. The molecule has 1 aromatic carbocycles. The fraction of sp³-hybridized carbons (Fsp3) is 0.300. The molecule has 0 aliphatic carbocycles. The zero-order valence-electron chi connectivity index (χ0n) is 7.84. The van der Waals surface area contributed by atoms with Gasteiger partial charge in [-0.3, -0.25) is 10.1 Å². The quantitative estimate of drug-likeness (QED) is 0.423. The molecule has 2 rings (SSSR count). The van der Waals surface area contributed by atoms with Crippen molar-refractivity contribution in [3.05, 3.63) is 39.4 Å². The maximum Gasteiger partial charge on any atom is 0.287 e. The van der Waals surface area contributed by atoms with E-state index in [1.54, 1.807) is 12.1 Å². The minimum absolute atomic E-state index is 0.109. The van der Waals surface area contributed by atoms with Crippen LogP contribution in [0.3, 0.4) is 0 Å². The predicted molar refractivity (Wildman–Crippen MR) is 51.3 cm³/mol. The van der Waals surface area contributed by atoms with Crippen LogP contribution < -0.4 is 0 Å². The lowest BCUT2D eigenvalue weighted by molar-refractivity contribution is -0.385. The maximum atomic E-state index is 10.6. The molecule has 5 nitrogen and oxygen atoms in total. The summed E-state index contributed by atoms with van der Waals surface area (Å²) in [5, 5.41) is 19.3. The van der Waals surface area contributed by atoms with Crippen LogP contribution >= 0.6 is 0 Å². The van der Waals surface area contributed by atoms with Crippen molar-refractivity contribution in [1.29, 1.82) is 5.26 Å². The molecular weight excluding hydrogens is 196 g/mol. The highest BCUT2D eigenvalue weighted by atomic mass is 16.6. The van der Waals surface area contributed by atoms with Gasteiger partial charge in [0.05, 0.1) is 17.6 Å². The summed E-state index contributed by atoms with van der Waals surface area (Å²) < 4.78 is 5.05. The van der Waals surface area contributed by atoms with E-state index in [9.17, 15) is 10.1 Å². The van der Waals surface area contributed by atoms with E-state index in [0.29, 0.717) is 6.42 Å². The van der Waals surface area contributed by atoms with Gasteiger partial charge in [-0.15, -0.1) is 0 Å². The number of nitrogens with zero attached hydrogens (tertiary/aromatic N) is 2. The zero-order chi connectivity index (χ0) is 10.8. The van der Waals surface area contributed by atoms with Crippen LogP contribution in [-0.2, 0) is 11.2 Å². The summed E-state index contributed by atoms with van der Waals surface area (Å²) in [4.78, 5) is 10.0. The SMILES string of the molecule is N#Cc1cc(CC2CO2)ccc1[N+](=O)[O-]. The Morgan fingerprint density at radius 1 is 1.67 bits per heavy atom. The van der Waals surface area contributed by atoms with Gasteiger partial charge in [0.1, 0.15) is 11.6 Å². The number of nitriles is 1. The molecule has 0 aromatic heterocycles. The smallest absolute Gasteiger partial charge is 0.287 e. The molecule has 0 bridgehead atoms. The highest BCUT2D eigenvalue weighted by Gasteiger charge is 2.23. The second-order valence-electron chi connectivity index (χ2n) is 3.38. The number of hydrogen-bond acceptors (Lipinski definition) is 4. The summed E-state index contributed by atoms with van der Waals surface area (Å²) in [6, 6.07) is 6.42. The number of ether oxygens (including phenoxy) is 1. The fourth-order valence-corrected chi connectivity index (χ4v) is 1.41. The van der Waals surface area contributed by atoms with Crippen LogP contribution in [0.4, 0.5) is 5.69 Å². The van der Waals surface area contributed by atoms with Crippen molar-refractivity contribution >= 4 is 5.69 Å². The van der Waals surface area contributed by atoms with Gasteiger partial charge in [0.2, 0.25) is 0 Å². The number of hydrogen-bond donors (Lipinski definition) is 0. The van der Waals surface area contributed by atoms with Crippen LogP contribution in [-0.4, -0.2) is 17.6 Å². The molecule has 76 valence electrons. The number of nitro benzene ring substituents is 1. The van der Waals surface area contributed by atoms with E-state index in [0.717, 1.165) is 12.2 Å². The van der Waals surface area contributed by atoms with Crippen LogP contribution in [0.25, 0.3) is 0 Å². The predicted octanol–water partition coefficient (Wildman–Crippen LogP) is 1.41. The molecule has 1 saturated heterocycles. The molecule has 1 aliphatic rings. The Morgan fingerprint density at radius 3 is 2.93 bits per heavy atom. The third kappa shape index (κ3) is 2.11. The van der Waals surface area contributed by atoms with Crippen LogP contribution in [0.1, 0.15) is 11.1 Å². The summed E-state index contributed by atoms with van der Waals surface area (Å²) in [5.74, 6) is 0. The molecule has 15 heavy (non-hydrogen) atoms. The van der Waals surface area contributed by atoms with Gasteiger partial charge < -0.3 is 4.74 Å². The van der Waals surface area contributed by atoms with Gasteiger partial charge in [-0.2, -0.15) is 5.26 Å². The van der Waals surface area contributed by atoms with E-state index in [-0.39, 0.29) is 17.4 Å². The lowest BCUT2D eigenvalue weighted by atomic mass is 10.1. The Hall–Kier alpha value is -1.93. The molecule has 1 atom stereocenters. The summed E-state index contributed by atoms with van der Waals surface area (Å²) in [6.07, 6.45) is 0.935. The maximum absolute atomic E-state index is 10.6. The van der Waals surface area contributed by atoms with E-state index in [1.807, 2.05) is 6.07 Å². The number of nitro groups is 1. The van der Waals surface area contributed by atoms with Crippen molar-refractivity contribution in [2.45, 2.75) is 12.5 Å². The molecule has 1 unspecified atom stereocenters. The summed E-state index contributed by atoms with van der Waals surface area (Å²) in [7, 11) is 0. The molecule has 0 amide bonds. The minimum Gasteiger partial charge on any atom is -0.373 e. The van der Waals surface area contributed by atoms with Gasteiger partial charge in [0.25, 0.3) is 5.69 Å². The van der Waals surface area contributed by atoms with Gasteiger partial charge >= 0.3 is 0 Å². The van der Waals surface area contributed by atoms with Crippen molar-refractivity contribution in [3.63, 3.8) is 0 Å². The third-order valence-electron chi connectivity index (χ3n) is 2.24. The Bertz CT molecular complexity index is 446. The first-order valence-corrected chi connectivity index (χ1v) is 4.49. The average Bonchev–Trinajstić information content (AvgIpc) is 3.01. The Kier molecular flexibility index (Phi) is 2.35. The number of benzene rings is 1. The Morgan fingerprint density at radius 2 is 2.40 bits per heavy atom. The summed E-state index contributed by atoms with van der Waals surface area (Å²) >= 11 is 0. The number of epoxide rings is 1. The molecule has 1 heterocycles. The van der Waals surface area contributed by atoms with Gasteiger partial charge in [0, 0.05) is 12.5 Å². The van der Waals surface area contributed by atoms with E-state index in [2.05, 4.69) is 0 Å². The second-order valence-corrected chi connectivity index (χ2v) is 3.38. The van der Waals surface area contributed by atoms with Crippen molar-refractivity contribution < 1.29 is 9.66 Å². The van der Waals surface area contributed by atoms with Gasteiger partial charge in [-0.25, -0.2) is 0 Å². The van der Waals surface area contributed by atoms with Crippen molar-refractivity contribution in [2.24, 2.45) is 0 Å². The van der Waals surface area contributed by atoms with Crippen molar-refractivity contribution in [1.82, 2.24) is 0 Å². The molecule has 0 spiro atoms. The van der Waals surface area contributed by atoms with Crippen LogP contribution in [0.15, 0.2) is 18.2 Å². The molecule has 0 saturated carbocycles. The largest absolute Gasteiger partial charge is 0.373 e. The zero-order valence-corrected chi connectivity index (χ0v) is 7.84. The standard InChI is InChI=1S/C10H8N2O3/c11-5-8-3-7(4-9-6-15-9)1-2-10(8)12(13)14/h1-3,9H,4,6H2. The van der Waals surface area contributed by atoms with Crippen molar-refractivity contribution in [2.75, 3.05) is 6.61 Å². The topological polar surface area (TPSA) is 79.5 Å². The molecule has 0 N–H and O–H groups in total. The second kappa shape index (κ2) is 3.67. The first kappa shape index (κ1) is 9.62. The van der Waals surface area contributed by atoms with E-state index < -0.39 is 4.92 Å². The first-order valence-electron chi connectivity index (χ1n) is 4.49. The van der Waals surface area contributed by atoms with Gasteiger partial charge in [0.15, 0.2) is 0 Å². The Balaban J connectivity index is 2.29. The molecule has 1 aliphatic heterocycles. The van der Waals surface area contributed by atoms with Gasteiger partial charge in [-0.1, -0.05) is 6.07 Å². The average molecular weight is 204 g/mol. The molecule has 0 radical (unpaired) electrons. The van der Waals surface area contributed by atoms with Gasteiger partial charge in [-0.05, 0) is 11.6 Å². The lowest BCUT2D eigenvalue weighted by Crippen LogP contribution is -1.97. The molecule has 5 heteroatoms. The number of rotatable bonds is 3. The minimum atomic E-state index is -0.546. The van der Waals surface area contributed by atoms with Crippen molar-refractivity contribution in [3.8, 4) is 6.07 Å². The Labute approximate surface area is 86.0 Å². The lowest BCUT2D eigenvalue weighted by Gasteiger charge is -1.99. The van der Waals surface area contributed by atoms with Crippen LogP contribution in [0.2, 0.25) is 0 Å². The monoisotopic (exact) mass is 204 g/mol. The highest BCUT2D eigenvalue weighted by Crippen LogP contribution is 2.22. The fourth-order valence-electron chi connectivity index (χ4n) is 1.41. The van der Waals surface area contributed by atoms with Crippen LogP contribution in [0.5, 0.6) is 0 Å². The normalized spacial score (nSPS) is 18.2. The molecule has 1 aromatic rings. The highest BCUT2D eigenvalue weighted by molar-refractivity contribution is 5.50. The third-order valence-corrected chi connectivity index (χ3v) is 2.24.